The average molecular weight is 210 g/mol. The number of ketones is 1. The van der Waals surface area contributed by atoms with Crippen molar-refractivity contribution in [2.45, 2.75) is 19.8 Å². The maximum atomic E-state index is 11.2. The van der Waals surface area contributed by atoms with Gasteiger partial charge in [-0.1, -0.05) is 37.3 Å². The van der Waals surface area contributed by atoms with Gasteiger partial charge in [0.05, 0.1) is 0 Å². The fraction of sp³-hybridized carbons (Fsp3) is 0.273. The predicted molar refractivity (Wildman–Crippen MR) is 56.3 cm³/mol. The Morgan fingerprint density at radius 1 is 1.13 bits per heavy atom. The van der Waals surface area contributed by atoms with Crippen LogP contribution in [0, 0.1) is 0 Å². The van der Waals surface area contributed by atoms with Gasteiger partial charge in [-0.05, 0) is 6.42 Å². The SMILES string of the molecule is CCCC(=O)c1ccccc1.O=C(O)O. The fourth-order valence-corrected chi connectivity index (χ4v) is 0.995. The molecule has 2 N–H and O–H groups in total. The quantitative estimate of drug-likeness (QED) is 0.752. The zero-order valence-corrected chi connectivity index (χ0v) is 8.51. The van der Waals surface area contributed by atoms with Crippen LogP contribution in [0.3, 0.4) is 0 Å². The van der Waals surface area contributed by atoms with E-state index >= 15 is 0 Å². The molecule has 1 aromatic rings. The van der Waals surface area contributed by atoms with Gasteiger partial charge in [-0.15, -0.1) is 0 Å². The summed E-state index contributed by atoms with van der Waals surface area (Å²) in [6.07, 6.45) is -0.252. The second kappa shape index (κ2) is 7.55. The van der Waals surface area contributed by atoms with Crippen molar-refractivity contribution >= 4 is 11.9 Å². The molecule has 0 atom stereocenters. The normalized spacial score (nSPS) is 8.60. The van der Waals surface area contributed by atoms with Crippen LogP contribution >= 0.6 is 0 Å². The molecule has 0 aliphatic heterocycles. The molecule has 4 nitrogen and oxygen atoms in total. The summed E-state index contributed by atoms with van der Waals surface area (Å²) >= 11 is 0. The van der Waals surface area contributed by atoms with Crippen LogP contribution in [0.5, 0.6) is 0 Å². The highest BCUT2D eigenvalue weighted by molar-refractivity contribution is 5.95. The van der Waals surface area contributed by atoms with E-state index < -0.39 is 6.16 Å². The summed E-state index contributed by atoms with van der Waals surface area (Å²) in [5.41, 5.74) is 0.828. The first-order valence-corrected chi connectivity index (χ1v) is 4.58. The average Bonchev–Trinajstić information content (AvgIpc) is 2.19. The molecule has 0 amide bonds. The minimum atomic E-state index is -1.83. The minimum absolute atomic E-state index is 0.244. The molecule has 82 valence electrons. The Hall–Kier alpha value is -1.84. The van der Waals surface area contributed by atoms with Gasteiger partial charge < -0.3 is 10.2 Å². The van der Waals surface area contributed by atoms with Crippen molar-refractivity contribution in [3.63, 3.8) is 0 Å². The van der Waals surface area contributed by atoms with E-state index in [4.69, 9.17) is 15.0 Å². The van der Waals surface area contributed by atoms with Crippen LogP contribution in [0.25, 0.3) is 0 Å². The third-order valence-corrected chi connectivity index (χ3v) is 1.57. The van der Waals surface area contributed by atoms with Crippen LogP contribution in [0.4, 0.5) is 4.79 Å². The fourth-order valence-electron chi connectivity index (χ4n) is 0.995. The summed E-state index contributed by atoms with van der Waals surface area (Å²) in [5, 5.41) is 13.9. The highest BCUT2D eigenvalue weighted by Crippen LogP contribution is 2.03. The molecule has 0 radical (unpaired) electrons. The zero-order valence-electron chi connectivity index (χ0n) is 8.51. The Bertz CT molecular complexity index is 302. The molecular formula is C11H14O4. The van der Waals surface area contributed by atoms with E-state index in [1.807, 2.05) is 37.3 Å². The summed E-state index contributed by atoms with van der Waals surface area (Å²) in [7, 11) is 0. The number of rotatable bonds is 3. The monoisotopic (exact) mass is 210 g/mol. The molecular weight excluding hydrogens is 196 g/mol. The molecule has 0 saturated heterocycles. The molecule has 0 aliphatic carbocycles. The molecule has 4 heteroatoms. The van der Waals surface area contributed by atoms with Crippen molar-refractivity contribution in [1.29, 1.82) is 0 Å². The van der Waals surface area contributed by atoms with E-state index in [1.165, 1.54) is 0 Å². The van der Waals surface area contributed by atoms with Crippen LogP contribution in [0.2, 0.25) is 0 Å². The third kappa shape index (κ3) is 7.25. The number of benzene rings is 1. The van der Waals surface area contributed by atoms with E-state index in [2.05, 4.69) is 0 Å². The molecule has 0 bridgehead atoms. The summed E-state index contributed by atoms with van der Waals surface area (Å²) in [5.74, 6) is 0.244. The molecule has 0 aromatic heterocycles. The van der Waals surface area contributed by atoms with Crippen LogP contribution in [0.1, 0.15) is 30.1 Å². The minimum Gasteiger partial charge on any atom is -0.450 e. The first-order valence-electron chi connectivity index (χ1n) is 4.58. The molecule has 0 unspecified atom stereocenters. The van der Waals surface area contributed by atoms with Crippen molar-refractivity contribution < 1.29 is 19.8 Å². The van der Waals surface area contributed by atoms with Gasteiger partial charge in [-0.25, -0.2) is 4.79 Å². The Morgan fingerprint density at radius 3 is 2.00 bits per heavy atom. The molecule has 0 saturated carbocycles. The molecule has 0 fully saturated rings. The molecule has 0 aliphatic rings. The van der Waals surface area contributed by atoms with Crippen molar-refractivity contribution in [1.82, 2.24) is 0 Å². The van der Waals surface area contributed by atoms with E-state index in [9.17, 15) is 4.79 Å². The van der Waals surface area contributed by atoms with Gasteiger partial charge in [0.25, 0.3) is 0 Å². The summed E-state index contributed by atoms with van der Waals surface area (Å²) in [6.45, 7) is 2.01. The molecule has 0 spiro atoms. The maximum absolute atomic E-state index is 11.2. The number of carboxylic acid groups (broad SMARTS) is 2. The first-order chi connectivity index (χ1) is 7.07. The molecule has 15 heavy (non-hydrogen) atoms. The van der Waals surface area contributed by atoms with Crippen LogP contribution < -0.4 is 0 Å². The van der Waals surface area contributed by atoms with Crippen molar-refractivity contribution in [2.24, 2.45) is 0 Å². The van der Waals surface area contributed by atoms with E-state index in [0.29, 0.717) is 6.42 Å². The lowest BCUT2D eigenvalue weighted by atomic mass is 10.1. The lowest BCUT2D eigenvalue weighted by Gasteiger charge is -1.96. The van der Waals surface area contributed by atoms with Crippen LogP contribution in [0.15, 0.2) is 30.3 Å². The smallest absolute Gasteiger partial charge is 0.450 e. The van der Waals surface area contributed by atoms with E-state index in [0.717, 1.165) is 12.0 Å². The molecule has 0 heterocycles. The number of carbonyl (C=O) groups excluding carboxylic acids is 1. The van der Waals surface area contributed by atoms with Crippen LogP contribution in [-0.2, 0) is 0 Å². The summed E-state index contributed by atoms with van der Waals surface area (Å²) < 4.78 is 0. The standard InChI is InChI=1S/C10H12O.CH2O3/c1-2-6-10(11)9-7-4-3-5-8-9;2-1(3)4/h3-5,7-8H,2,6H2,1H3;(H2,2,3,4). The second-order valence-electron chi connectivity index (χ2n) is 2.82. The first kappa shape index (κ1) is 13.2. The number of hydrogen-bond acceptors (Lipinski definition) is 2. The second-order valence-corrected chi connectivity index (χ2v) is 2.82. The van der Waals surface area contributed by atoms with E-state index in [1.54, 1.807) is 0 Å². The summed E-state index contributed by atoms with van der Waals surface area (Å²) in [6, 6.07) is 9.42. The van der Waals surface area contributed by atoms with Gasteiger partial charge in [0.2, 0.25) is 0 Å². The highest BCUT2D eigenvalue weighted by atomic mass is 16.6. The highest BCUT2D eigenvalue weighted by Gasteiger charge is 2.01. The van der Waals surface area contributed by atoms with E-state index in [-0.39, 0.29) is 5.78 Å². The van der Waals surface area contributed by atoms with Gasteiger partial charge >= 0.3 is 6.16 Å². The number of hydrogen-bond donors (Lipinski definition) is 2. The zero-order chi connectivity index (χ0) is 11.7. The predicted octanol–water partition coefficient (Wildman–Crippen LogP) is 2.89. The Kier molecular flexibility index (Phi) is 6.63. The molecule has 1 rings (SSSR count). The van der Waals surface area contributed by atoms with Crippen molar-refractivity contribution in [3.8, 4) is 0 Å². The number of carbonyl (C=O) groups is 2. The Balaban J connectivity index is 0.000000423. The third-order valence-electron chi connectivity index (χ3n) is 1.57. The largest absolute Gasteiger partial charge is 0.503 e. The van der Waals surface area contributed by atoms with Gasteiger partial charge in [-0.2, -0.15) is 0 Å². The number of Topliss-reactive ketones (excluding diaryl/α,β-unsaturated/α-hetero) is 1. The van der Waals surface area contributed by atoms with Crippen LogP contribution in [-0.4, -0.2) is 22.2 Å². The van der Waals surface area contributed by atoms with Gasteiger partial charge in [0, 0.05) is 12.0 Å². The topological polar surface area (TPSA) is 74.6 Å². The van der Waals surface area contributed by atoms with Gasteiger partial charge in [0.15, 0.2) is 5.78 Å². The lowest BCUT2D eigenvalue weighted by molar-refractivity contribution is 0.0981. The Labute approximate surface area is 88.2 Å². The van der Waals surface area contributed by atoms with Gasteiger partial charge in [0.1, 0.15) is 0 Å². The Morgan fingerprint density at radius 2 is 1.60 bits per heavy atom. The van der Waals surface area contributed by atoms with Crippen molar-refractivity contribution in [2.75, 3.05) is 0 Å². The maximum Gasteiger partial charge on any atom is 0.503 e. The lowest BCUT2D eigenvalue weighted by Crippen LogP contribution is -1.96. The molecule has 1 aromatic carbocycles. The van der Waals surface area contributed by atoms with Gasteiger partial charge in [-0.3, -0.25) is 4.79 Å². The van der Waals surface area contributed by atoms with Crippen molar-refractivity contribution in [3.05, 3.63) is 35.9 Å². The summed E-state index contributed by atoms with van der Waals surface area (Å²) in [4.78, 5) is 19.8.